The van der Waals surface area contributed by atoms with Crippen LogP contribution in [0.3, 0.4) is 0 Å². The molecule has 0 atom stereocenters. The zero-order valence-corrected chi connectivity index (χ0v) is 17.8. The van der Waals surface area contributed by atoms with Gasteiger partial charge in [-0.1, -0.05) is 67.0 Å². The van der Waals surface area contributed by atoms with Crippen molar-refractivity contribution in [2.45, 2.75) is 78.8 Å². The minimum Gasteiger partial charge on any atom is -0.349 e. The molecule has 5 heteroatoms. The van der Waals surface area contributed by atoms with Gasteiger partial charge < -0.3 is 8.47 Å². The van der Waals surface area contributed by atoms with E-state index in [1.165, 1.54) is 11.4 Å². The average molecular weight is 329 g/mol. The highest BCUT2D eigenvalue weighted by molar-refractivity contribution is 7.71. The number of rotatable bonds is 4. The van der Waals surface area contributed by atoms with Gasteiger partial charge in [0.05, 0.1) is 0 Å². The zero-order chi connectivity index (χ0) is 16.0. The smallest absolute Gasteiger partial charge is 0.163 e. The number of hydrogen-bond acceptors (Lipinski definition) is 1. The third kappa shape index (κ3) is 3.20. The Balaban J connectivity index is 3.95. The molecular formula is C15H32N2SSi2. The Bertz CT molecular complexity index is 493. The molecule has 2 nitrogen and oxygen atoms in total. The molecule has 1 aromatic heterocycles. The number of imidazole rings is 1. The monoisotopic (exact) mass is 328 g/mol. The van der Waals surface area contributed by atoms with E-state index in [0.29, 0.717) is 11.8 Å². The molecule has 0 aliphatic heterocycles. The normalized spacial score (nSPS) is 13.6. The minimum atomic E-state index is -1.51. The van der Waals surface area contributed by atoms with Gasteiger partial charge in [-0.15, -0.1) is 0 Å². The van der Waals surface area contributed by atoms with E-state index in [4.69, 9.17) is 12.2 Å². The molecule has 0 aliphatic rings. The summed E-state index contributed by atoms with van der Waals surface area (Å²) < 4.78 is 6.16. The fourth-order valence-electron chi connectivity index (χ4n) is 2.94. The third-order valence-corrected chi connectivity index (χ3v) is 7.84. The summed E-state index contributed by atoms with van der Waals surface area (Å²) in [5.74, 6) is 1.05. The van der Waals surface area contributed by atoms with E-state index >= 15 is 0 Å². The molecule has 20 heavy (non-hydrogen) atoms. The maximum Gasteiger partial charge on any atom is 0.163 e. The molecule has 1 heterocycles. The van der Waals surface area contributed by atoms with E-state index < -0.39 is 16.5 Å². The fraction of sp³-hybridized carbons (Fsp3) is 0.800. The molecule has 0 unspecified atom stereocenters. The summed E-state index contributed by atoms with van der Waals surface area (Å²) >= 11 is 5.93. The van der Waals surface area contributed by atoms with Crippen LogP contribution in [0, 0.1) is 4.77 Å². The Morgan fingerprint density at radius 1 is 0.700 bits per heavy atom. The maximum atomic E-state index is 5.93. The summed E-state index contributed by atoms with van der Waals surface area (Å²) in [4.78, 5) is 0. The molecule has 0 N–H and O–H groups in total. The summed E-state index contributed by atoms with van der Waals surface area (Å²) in [5.41, 5.74) is 2.98. The van der Waals surface area contributed by atoms with E-state index in [0.717, 1.165) is 4.77 Å². The van der Waals surface area contributed by atoms with Gasteiger partial charge in [0.25, 0.3) is 0 Å². The predicted molar refractivity (Wildman–Crippen MR) is 98.9 cm³/mol. The van der Waals surface area contributed by atoms with Crippen molar-refractivity contribution in [1.29, 1.82) is 0 Å². The van der Waals surface area contributed by atoms with Crippen molar-refractivity contribution < 1.29 is 0 Å². The summed E-state index contributed by atoms with van der Waals surface area (Å²) in [7, 11) is -3.01. The van der Waals surface area contributed by atoms with E-state index in [9.17, 15) is 0 Å². The van der Waals surface area contributed by atoms with Crippen LogP contribution in [0.1, 0.15) is 50.9 Å². The van der Waals surface area contributed by atoms with Gasteiger partial charge in [-0.3, -0.25) is 0 Å². The highest BCUT2D eigenvalue weighted by Gasteiger charge is 2.33. The van der Waals surface area contributed by atoms with Crippen molar-refractivity contribution in [1.82, 2.24) is 8.47 Å². The molecule has 0 fully saturated rings. The van der Waals surface area contributed by atoms with Crippen molar-refractivity contribution in [3.05, 3.63) is 16.2 Å². The molecule has 116 valence electrons. The van der Waals surface area contributed by atoms with Crippen LogP contribution in [0.2, 0.25) is 39.3 Å². The number of aromatic nitrogens is 2. The first-order valence-electron chi connectivity index (χ1n) is 7.68. The quantitative estimate of drug-likeness (QED) is 0.514. The Hall–Kier alpha value is -0.136. The molecule has 0 amide bonds. The van der Waals surface area contributed by atoms with Crippen molar-refractivity contribution >= 4 is 28.7 Å². The Morgan fingerprint density at radius 3 is 1.10 bits per heavy atom. The molecule has 0 saturated carbocycles. The molecule has 0 radical (unpaired) electrons. The second kappa shape index (κ2) is 5.57. The van der Waals surface area contributed by atoms with Crippen LogP contribution >= 0.6 is 12.2 Å². The van der Waals surface area contributed by atoms with Crippen LogP contribution in [0.5, 0.6) is 0 Å². The lowest BCUT2D eigenvalue weighted by Gasteiger charge is -2.25. The van der Waals surface area contributed by atoms with E-state index in [-0.39, 0.29) is 0 Å². The standard InChI is InChI=1S/C15H32N2SSi2/c1-11(2)13-14(12(3)4)17(20(8,9)10)15(18)16(13)19(5,6)7/h11-12H,1-10H3. The van der Waals surface area contributed by atoms with E-state index in [1.54, 1.807) is 0 Å². The SMILES string of the molecule is CC(C)c1c(C(C)C)n([Si](C)(C)C)c(=S)n1[Si](C)(C)C. The van der Waals surface area contributed by atoms with Gasteiger partial charge in [-0.2, -0.15) is 0 Å². The van der Waals surface area contributed by atoms with E-state index in [2.05, 4.69) is 75.4 Å². The maximum absolute atomic E-state index is 5.93. The second-order valence-corrected chi connectivity index (χ2v) is 18.3. The average Bonchev–Trinajstić information content (AvgIpc) is 2.49. The molecular weight excluding hydrogens is 296 g/mol. The molecule has 0 saturated heterocycles. The van der Waals surface area contributed by atoms with Gasteiger partial charge in [0, 0.05) is 11.4 Å². The lowest BCUT2D eigenvalue weighted by Crippen LogP contribution is -2.37. The Labute approximate surface area is 132 Å². The molecule has 1 rings (SSSR count). The third-order valence-electron chi connectivity index (χ3n) is 3.56. The van der Waals surface area contributed by atoms with Crippen molar-refractivity contribution in [2.75, 3.05) is 0 Å². The molecule has 0 aromatic carbocycles. The first-order chi connectivity index (χ1) is 8.80. The van der Waals surface area contributed by atoms with Crippen molar-refractivity contribution in [3.63, 3.8) is 0 Å². The van der Waals surface area contributed by atoms with Crippen LogP contribution in [0.15, 0.2) is 0 Å². The van der Waals surface area contributed by atoms with E-state index in [1.807, 2.05) is 0 Å². The first-order valence-corrected chi connectivity index (χ1v) is 15.0. The summed E-state index contributed by atoms with van der Waals surface area (Å²) in [6.07, 6.45) is 0. The van der Waals surface area contributed by atoms with Crippen LogP contribution in [0.4, 0.5) is 0 Å². The van der Waals surface area contributed by atoms with Crippen LogP contribution in [-0.4, -0.2) is 24.9 Å². The van der Waals surface area contributed by atoms with Crippen LogP contribution < -0.4 is 0 Å². The Kier molecular flexibility index (Phi) is 4.99. The van der Waals surface area contributed by atoms with Gasteiger partial charge in [0.1, 0.15) is 0 Å². The summed E-state index contributed by atoms with van der Waals surface area (Å²) in [5, 5.41) is 0. The van der Waals surface area contributed by atoms with Crippen molar-refractivity contribution in [2.24, 2.45) is 0 Å². The molecule has 0 aliphatic carbocycles. The van der Waals surface area contributed by atoms with Gasteiger partial charge in [0.15, 0.2) is 21.2 Å². The van der Waals surface area contributed by atoms with Gasteiger partial charge in [-0.05, 0) is 24.1 Å². The predicted octanol–water partition coefficient (Wildman–Crippen LogP) is 5.63. The zero-order valence-electron chi connectivity index (χ0n) is 15.0. The highest BCUT2D eigenvalue weighted by atomic mass is 32.1. The lowest BCUT2D eigenvalue weighted by molar-refractivity contribution is 0.735. The summed E-state index contributed by atoms with van der Waals surface area (Å²) in [6, 6.07) is 0. The van der Waals surface area contributed by atoms with Gasteiger partial charge in [-0.25, -0.2) is 0 Å². The van der Waals surface area contributed by atoms with Gasteiger partial charge in [0.2, 0.25) is 0 Å². The van der Waals surface area contributed by atoms with Gasteiger partial charge >= 0.3 is 0 Å². The number of nitrogens with zero attached hydrogens (tertiary/aromatic N) is 2. The minimum absolute atomic E-state index is 0.526. The second-order valence-electron chi connectivity index (χ2n) is 8.37. The van der Waals surface area contributed by atoms with Crippen LogP contribution in [0.25, 0.3) is 0 Å². The molecule has 0 bridgehead atoms. The number of hydrogen-bond donors (Lipinski definition) is 0. The van der Waals surface area contributed by atoms with Crippen molar-refractivity contribution in [3.8, 4) is 0 Å². The Morgan fingerprint density at radius 2 is 0.950 bits per heavy atom. The molecule has 1 aromatic rings. The lowest BCUT2D eigenvalue weighted by atomic mass is 10.0. The topological polar surface area (TPSA) is 9.86 Å². The molecule has 0 spiro atoms. The van der Waals surface area contributed by atoms with Crippen LogP contribution in [-0.2, 0) is 0 Å². The highest BCUT2D eigenvalue weighted by Crippen LogP contribution is 2.33. The first kappa shape index (κ1) is 17.9. The fourth-order valence-corrected chi connectivity index (χ4v) is 8.42. The summed E-state index contributed by atoms with van der Waals surface area (Å²) in [6.45, 7) is 23.6. The largest absolute Gasteiger partial charge is 0.349 e.